The number of hydrogen-bond acceptors (Lipinski definition) is 3. The summed E-state index contributed by atoms with van der Waals surface area (Å²) in [6.07, 6.45) is 1.25. The summed E-state index contributed by atoms with van der Waals surface area (Å²) in [5, 5.41) is 16.2. The van der Waals surface area contributed by atoms with Crippen LogP contribution in [-0.4, -0.2) is 36.6 Å². The zero-order chi connectivity index (χ0) is 8.24. The molecule has 0 saturated heterocycles. The first kappa shape index (κ1) is 12.5. The summed E-state index contributed by atoms with van der Waals surface area (Å²) in [6, 6.07) is 0. The van der Waals surface area contributed by atoms with Gasteiger partial charge in [-0.05, 0) is 0 Å². The third kappa shape index (κ3) is 24.8. The molecule has 0 aromatic carbocycles. The highest BCUT2D eigenvalue weighted by molar-refractivity contribution is 4.24. The molecule has 0 amide bonds. The maximum Gasteiger partial charge on any atom is 0.0698 e. The Morgan fingerprint density at radius 2 is 1.30 bits per heavy atom. The second-order valence-corrected chi connectivity index (χ2v) is 1.77. The van der Waals surface area contributed by atoms with Gasteiger partial charge in [0.15, 0.2) is 0 Å². The van der Waals surface area contributed by atoms with E-state index in [1.54, 1.807) is 0 Å². The molecule has 0 atom stereocenters. The second kappa shape index (κ2) is 15.9. The summed E-state index contributed by atoms with van der Waals surface area (Å²) in [4.78, 5) is 0. The van der Waals surface area contributed by atoms with Crippen molar-refractivity contribution >= 4 is 0 Å². The normalized spacial score (nSPS) is 8.40. The van der Waals surface area contributed by atoms with Gasteiger partial charge in [0, 0.05) is 0 Å². The Kier molecular flexibility index (Phi) is 20.0. The number of aliphatic hydroxyl groups is 2. The van der Waals surface area contributed by atoms with Gasteiger partial charge in [-0.1, -0.05) is 20.3 Å². The fourth-order valence-electron chi connectivity index (χ4n) is 0.231. The molecule has 0 unspecified atom stereocenters. The van der Waals surface area contributed by atoms with Crippen LogP contribution in [0.2, 0.25) is 0 Å². The Morgan fingerprint density at radius 1 is 1.00 bits per heavy atom. The Morgan fingerprint density at radius 3 is 1.50 bits per heavy atom. The fraction of sp³-hybridized carbons (Fsp3) is 1.00. The highest BCUT2D eigenvalue weighted by Crippen LogP contribution is 1.68. The molecule has 10 heavy (non-hydrogen) atoms. The Bertz CT molecular complexity index is 35.8. The van der Waals surface area contributed by atoms with Gasteiger partial charge in [-0.25, -0.2) is 0 Å². The minimum absolute atomic E-state index is 0.0278. The van der Waals surface area contributed by atoms with Crippen LogP contribution in [0.5, 0.6) is 0 Å². The third-order valence-electron chi connectivity index (χ3n) is 0.471. The standard InChI is InChI=1S/C4H10O3.C3H8/c5-1-3-7-4-2-6;1-3-2/h5-6H,1-4H2;3H2,1-2H3. The van der Waals surface area contributed by atoms with Crippen LogP contribution in [0.3, 0.4) is 0 Å². The van der Waals surface area contributed by atoms with E-state index in [9.17, 15) is 0 Å². The lowest BCUT2D eigenvalue weighted by atomic mass is 10.6. The van der Waals surface area contributed by atoms with Gasteiger partial charge >= 0.3 is 0 Å². The first-order valence-corrected chi connectivity index (χ1v) is 3.62. The van der Waals surface area contributed by atoms with E-state index in [0.29, 0.717) is 13.2 Å². The molecular weight excluding hydrogens is 132 g/mol. The Hall–Kier alpha value is -0.120. The quantitative estimate of drug-likeness (QED) is 0.570. The third-order valence-corrected chi connectivity index (χ3v) is 0.471. The van der Waals surface area contributed by atoms with Gasteiger partial charge in [0.05, 0.1) is 26.4 Å². The van der Waals surface area contributed by atoms with E-state index < -0.39 is 0 Å². The highest BCUT2D eigenvalue weighted by Gasteiger charge is 1.79. The van der Waals surface area contributed by atoms with Gasteiger partial charge in [-0.3, -0.25) is 0 Å². The first-order valence-electron chi connectivity index (χ1n) is 3.62. The van der Waals surface area contributed by atoms with Crippen molar-refractivity contribution in [3.8, 4) is 0 Å². The van der Waals surface area contributed by atoms with Crippen LogP contribution < -0.4 is 0 Å². The van der Waals surface area contributed by atoms with Crippen LogP contribution in [-0.2, 0) is 4.74 Å². The summed E-state index contributed by atoms with van der Waals surface area (Å²) in [7, 11) is 0. The zero-order valence-electron chi connectivity index (χ0n) is 6.84. The van der Waals surface area contributed by atoms with Gasteiger partial charge in [-0.2, -0.15) is 0 Å². The molecule has 0 rings (SSSR count). The lowest BCUT2D eigenvalue weighted by Gasteiger charge is -1.94. The van der Waals surface area contributed by atoms with Crippen LogP contribution in [0.15, 0.2) is 0 Å². The molecule has 0 aliphatic heterocycles. The van der Waals surface area contributed by atoms with Gasteiger partial charge in [0.25, 0.3) is 0 Å². The van der Waals surface area contributed by atoms with E-state index in [-0.39, 0.29) is 13.2 Å². The van der Waals surface area contributed by atoms with Crippen LogP contribution >= 0.6 is 0 Å². The van der Waals surface area contributed by atoms with Gasteiger partial charge in [0.2, 0.25) is 0 Å². The minimum atomic E-state index is 0.0278. The van der Waals surface area contributed by atoms with E-state index in [1.165, 1.54) is 6.42 Å². The van der Waals surface area contributed by atoms with Crippen molar-refractivity contribution in [1.82, 2.24) is 0 Å². The molecule has 3 nitrogen and oxygen atoms in total. The minimum Gasteiger partial charge on any atom is -0.394 e. The lowest BCUT2D eigenvalue weighted by molar-refractivity contribution is 0.0650. The maximum absolute atomic E-state index is 8.09. The van der Waals surface area contributed by atoms with Crippen molar-refractivity contribution in [2.75, 3.05) is 26.4 Å². The van der Waals surface area contributed by atoms with Gasteiger partial charge in [0.1, 0.15) is 0 Å². The predicted molar refractivity (Wildman–Crippen MR) is 41.0 cm³/mol. The zero-order valence-corrected chi connectivity index (χ0v) is 6.84. The summed E-state index contributed by atoms with van der Waals surface area (Å²) in [6.45, 7) is 4.95. The van der Waals surface area contributed by atoms with Crippen molar-refractivity contribution < 1.29 is 14.9 Å². The highest BCUT2D eigenvalue weighted by atomic mass is 16.5. The monoisotopic (exact) mass is 150 g/mol. The van der Waals surface area contributed by atoms with Crippen LogP contribution in [0, 0.1) is 0 Å². The van der Waals surface area contributed by atoms with E-state index in [2.05, 4.69) is 18.6 Å². The summed E-state index contributed by atoms with van der Waals surface area (Å²) in [5.74, 6) is 0. The van der Waals surface area contributed by atoms with Crippen LogP contribution in [0.1, 0.15) is 20.3 Å². The van der Waals surface area contributed by atoms with Gasteiger partial charge in [-0.15, -0.1) is 0 Å². The number of rotatable bonds is 4. The van der Waals surface area contributed by atoms with Crippen molar-refractivity contribution in [3.63, 3.8) is 0 Å². The van der Waals surface area contributed by atoms with E-state index >= 15 is 0 Å². The van der Waals surface area contributed by atoms with E-state index in [0.717, 1.165) is 0 Å². The molecule has 3 heteroatoms. The summed E-state index contributed by atoms with van der Waals surface area (Å²) < 4.78 is 4.63. The smallest absolute Gasteiger partial charge is 0.0698 e. The lowest BCUT2D eigenvalue weighted by Crippen LogP contribution is -2.03. The average Bonchev–Trinajstić information content (AvgIpc) is 1.91. The number of aliphatic hydroxyl groups excluding tert-OH is 2. The molecular formula is C7H18O3. The summed E-state index contributed by atoms with van der Waals surface area (Å²) >= 11 is 0. The molecule has 0 aromatic heterocycles. The van der Waals surface area contributed by atoms with Gasteiger partial charge < -0.3 is 14.9 Å². The maximum atomic E-state index is 8.09. The molecule has 0 spiro atoms. The molecule has 0 aliphatic rings. The number of ether oxygens (including phenoxy) is 1. The van der Waals surface area contributed by atoms with Crippen LogP contribution in [0.25, 0.3) is 0 Å². The van der Waals surface area contributed by atoms with Crippen molar-refractivity contribution in [3.05, 3.63) is 0 Å². The SMILES string of the molecule is CCC.OCCOCCO. The molecule has 2 N–H and O–H groups in total. The molecule has 0 heterocycles. The fourth-order valence-corrected chi connectivity index (χ4v) is 0.231. The molecule has 64 valence electrons. The molecule has 0 aliphatic carbocycles. The first-order chi connectivity index (χ1) is 4.83. The molecule has 0 saturated carbocycles. The summed E-state index contributed by atoms with van der Waals surface area (Å²) in [5.41, 5.74) is 0. The van der Waals surface area contributed by atoms with E-state index in [1.807, 2.05) is 0 Å². The average molecular weight is 150 g/mol. The van der Waals surface area contributed by atoms with Crippen molar-refractivity contribution in [1.29, 1.82) is 0 Å². The topological polar surface area (TPSA) is 49.7 Å². The van der Waals surface area contributed by atoms with Crippen LogP contribution in [0.4, 0.5) is 0 Å². The second-order valence-electron chi connectivity index (χ2n) is 1.77. The largest absolute Gasteiger partial charge is 0.394 e. The molecule has 0 radical (unpaired) electrons. The number of hydrogen-bond donors (Lipinski definition) is 2. The molecule has 0 fully saturated rings. The van der Waals surface area contributed by atoms with E-state index in [4.69, 9.17) is 10.2 Å². The predicted octanol–water partition coefficient (Wildman–Crippen LogP) is 0.404. The van der Waals surface area contributed by atoms with Crippen molar-refractivity contribution in [2.24, 2.45) is 0 Å². The molecule has 0 aromatic rings. The van der Waals surface area contributed by atoms with Crippen molar-refractivity contribution in [2.45, 2.75) is 20.3 Å². The Labute approximate surface area is 62.6 Å². The molecule has 0 bridgehead atoms. The Balaban J connectivity index is 0.